The number of aromatic nitrogens is 6. The summed E-state index contributed by atoms with van der Waals surface area (Å²) in [5.74, 6) is 2.73. The van der Waals surface area contributed by atoms with Crippen LogP contribution in [0.3, 0.4) is 0 Å². The van der Waals surface area contributed by atoms with Crippen LogP contribution in [0.5, 0.6) is 0 Å². The molecule has 0 spiro atoms. The number of fused-ring (bicyclic) bond motifs is 7. The molecule has 0 radical (unpaired) electrons. The largest absolute Gasteiger partial charge is 0.292 e. The van der Waals surface area contributed by atoms with Crippen LogP contribution in [0.1, 0.15) is 0 Å². The number of benzene rings is 8. The van der Waals surface area contributed by atoms with Gasteiger partial charge in [-0.05, 0) is 59.7 Å². The SMILES string of the molecule is c1ccc(-c2ccc(-c3nc(-c4cccc5sc6cc(-c7nc8ccccc8n7-c7ccccc7)ccc6c45)nc(-n4c5ccccc5c5ccccc54)n3)cc2)cc1. The Hall–Kier alpha value is -7.74. The van der Waals surface area contributed by atoms with Gasteiger partial charge in [0, 0.05) is 53.3 Å². The van der Waals surface area contributed by atoms with Crippen LogP contribution in [0.4, 0.5) is 0 Å². The number of para-hydroxylation sites is 5. The van der Waals surface area contributed by atoms with E-state index in [4.69, 9.17) is 19.9 Å². The summed E-state index contributed by atoms with van der Waals surface area (Å²) >= 11 is 1.78. The lowest BCUT2D eigenvalue weighted by Gasteiger charge is -2.12. The highest BCUT2D eigenvalue weighted by molar-refractivity contribution is 7.26. The van der Waals surface area contributed by atoms with Crippen molar-refractivity contribution in [2.75, 3.05) is 0 Å². The molecule has 12 rings (SSSR count). The fraction of sp³-hybridized carbons (Fsp3) is 0. The molecule has 0 unspecified atom stereocenters. The second kappa shape index (κ2) is 13.4. The zero-order valence-electron chi connectivity index (χ0n) is 31.6. The lowest BCUT2D eigenvalue weighted by molar-refractivity contribution is 0.954. The number of hydrogen-bond acceptors (Lipinski definition) is 5. The molecule has 0 fully saturated rings. The van der Waals surface area contributed by atoms with Crippen LogP contribution in [0.2, 0.25) is 0 Å². The number of imidazole rings is 1. The Morgan fingerprint density at radius 1 is 0.373 bits per heavy atom. The maximum Gasteiger partial charge on any atom is 0.238 e. The number of hydrogen-bond donors (Lipinski definition) is 0. The Labute approximate surface area is 343 Å². The van der Waals surface area contributed by atoms with E-state index < -0.39 is 0 Å². The van der Waals surface area contributed by atoms with Gasteiger partial charge in [-0.25, -0.2) is 9.97 Å². The van der Waals surface area contributed by atoms with Gasteiger partial charge in [0.15, 0.2) is 11.6 Å². The minimum Gasteiger partial charge on any atom is -0.292 e. The van der Waals surface area contributed by atoms with Crippen LogP contribution in [0.25, 0.3) is 110 Å². The summed E-state index contributed by atoms with van der Waals surface area (Å²) in [5.41, 5.74) is 10.4. The van der Waals surface area contributed by atoms with E-state index >= 15 is 0 Å². The molecule has 7 heteroatoms. The molecule has 59 heavy (non-hydrogen) atoms. The molecule has 0 aliphatic heterocycles. The molecule has 4 heterocycles. The number of thiophene rings is 1. The molecule has 0 saturated carbocycles. The summed E-state index contributed by atoms with van der Waals surface area (Å²) in [6.45, 7) is 0. The molecule has 6 nitrogen and oxygen atoms in total. The Morgan fingerprint density at radius 2 is 0.983 bits per heavy atom. The molecule has 0 saturated heterocycles. The highest BCUT2D eigenvalue weighted by atomic mass is 32.1. The Bertz CT molecular complexity index is 3490. The highest BCUT2D eigenvalue weighted by Gasteiger charge is 2.21. The highest BCUT2D eigenvalue weighted by Crippen LogP contribution is 2.42. The average Bonchev–Trinajstić information content (AvgIpc) is 3.99. The molecule has 4 aromatic heterocycles. The van der Waals surface area contributed by atoms with Crippen LogP contribution < -0.4 is 0 Å². The van der Waals surface area contributed by atoms with Gasteiger partial charge in [0.05, 0.1) is 22.1 Å². The molecule has 0 atom stereocenters. The number of nitrogens with zero attached hydrogens (tertiary/aromatic N) is 6. The standard InChI is InChI=1S/C52H32N6S/c1-3-14-33(15-4-1)34-26-28-35(29-27-34)49-54-50(56-52(55-49)58-43-22-10-7-18-38(43)39-19-8-11-23-44(39)58)41-20-13-25-46-48(41)40-31-30-36(32-47(40)59-46)51-53-42-21-9-12-24-45(42)57(51)37-16-5-2-6-17-37/h1-32H. The van der Waals surface area contributed by atoms with Crippen molar-refractivity contribution in [1.29, 1.82) is 0 Å². The van der Waals surface area contributed by atoms with E-state index in [1.54, 1.807) is 11.3 Å². The first-order valence-electron chi connectivity index (χ1n) is 19.6. The average molecular weight is 773 g/mol. The van der Waals surface area contributed by atoms with Crippen LogP contribution >= 0.6 is 11.3 Å². The van der Waals surface area contributed by atoms with Crippen molar-refractivity contribution in [1.82, 2.24) is 29.1 Å². The fourth-order valence-electron chi connectivity index (χ4n) is 8.50. The van der Waals surface area contributed by atoms with Gasteiger partial charge < -0.3 is 0 Å². The van der Waals surface area contributed by atoms with Gasteiger partial charge >= 0.3 is 0 Å². The van der Waals surface area contributed by atoms with E-state index in [2.05, 4.69) is 185 Å². The van der Waals surface area contributed by atoms with Gasteiger partial charge in [0.1, 0.15) is 5.82 Å². The van der Waals surface area contributed by atoms with E-state index in [-0.39, 0.29) is 0 Å². The third kappa shape index (κ3) is 5.47. The first-order valence-corrected chi connectivity index (χ1v) is 20.5. The summed E-state index contributed by atoms with van der Waals surface area (Å²) < 4.78 is 6.77. The molecule has 0 aliphatic carbocycles. The van der Waals surface area contributed by atoms with Crippen molar-refractivity contribution in [2.45, 2.75) is 0 Å². The molecule has 12 aromatic rings. The molecular formula is C52H32N6S. The van der Waals surface area contributed by atoms with E-state index in [0.717, 1.165) is 82.9 Å². The summed E-state index contributed by atoms with van der Waals surface area (Å²) in [6.07, 6.45) is 0. The quantitative estimate of drug-likeness (QED) is 0.169. The topological polar surface area (TPSA) is 61.4 Å². The summed E-state index contributed by atoms with van der Waals surface area (Å²) in [4.78, 5) is 21.0. The van der Waals surface area contributed by atoms with Crippen molar-refractivity contribution < 1.29 is 0 Å². The minimum absolute atomic E-state index is 0.577. The fourth-order valence-corrected chi connectivity index (χ4v) is 9.68. The number of rotatable bonds is 6. The van der Waals surface area contributed by atoms with Crippen molar-refractivity contribution in [2.24, 2.45) is 0 Å². The third-order valence-electron chi connectivity index (χ3n) is 11.2. The summed E-state index contributed by atoms with van der Waals surface area (Å²) in [7, 11) is 0. The van der Waals surface area contributed by atoms with Crippen molar-refractivity contribution in [3.8, 4) is 56.9 Å². The Balaban J connectivity index is 1.06. The first kappa shape index (κ1) is 33.4. The molecule has 0 aliphatic rings. The molecule has 276 valence electrons. The third-order valence-corrected chi connectivity index (χ3v) is 12.3. The van der Waals surface area contributed by atoms with Crippen molar-refractivity contribution in [3.63, 3.8) is 0 Å². The predicted molar refractivity (Wildman–Crippen MR) is 243 cm³/mol. The second-order valence-corrected chi connectivity index (χ2v) is 15.8. The minimum atomic E-state index is 0.577. The zero-order valence-corrected chi connectivity index (χ0v) is 32.4. The monoisotopic (exact) mass is 772 g/mol. The van der Waals surface area contributed by atoms with Gasteiger partial charge in [-0.1, -0.05) is 146 Å². The summed E-state index contributed by atoms with van der Waals surface area (Å²) in [6, 6.07) is 67.8. The van der Waals surface area contributed by atoms with Gasteiger partial charge in [-0.15, -0.1) is 11.3 Å². The zero-order chi connectivity index (χ0) is 38.9. The van der Waals surface area contributed by atoms with Crippen LogP contribution in [-0.2, 0) is 0 Å². The molecular weight excluding hydrogens is 741 g/mol. The van der Waals surface area contributed by atoms with Gasteiger partial charge in [-0.2, -0.15) is 9.97 Å². The van der Waals surface area contributed by atoms with Crippen LogP contribution in [0.15, 0.2) is 194 Å². The van der Waals surface area contributed by atoms with E-state index in [9.17, 15) is 0 Å². The van der Waals surface area contributed by atoms with Gasteiger partial charge in [0.25, 0.3) is 0 Å². The normalized spacial score (nSPS) is 11.7. The van der Waals surface area contributed by atoms with E-state index in [1.165, 1.54) is 9.40 Å². The smallest absolute Gasteiger partial charge is 0.238 e. The lowest BCUT2D eigenvalue weighted by Crippen LogP contribution is -2.06. The molecule has 8 aromatic carbocycles. The molecule has 0 amide bonds. The van der Waals surface area contributed by atoms with Crippen LogP contribution in [0, 0.1) is 0 Å². The van der Waals surface area contributed by atoms with E-state index in [1.807, 2.05) is 18.2 Å². The van der Waals surface area contributed by atoms with E-state index in [0.29, 0.717) is 17.6 Å². The molecule has 0 bridgehead atoms. The predicted octanol–water partition coefficient (Wildman–Crippen LogP) is 13.3. The van der Waals surface area contributed by atoms with Gasteiger partial charge in [0.2, 0.25) is 5.95 Å². The second-order valence-electron chi connectivity index (χ2n) is 14.7. The summed E-state index contributed by atoms with van der Waals surface area (Å²) in [5, 5.41) is 4.59. The first-order chi connectivity index (χ1) is 29.2. The van der Waals surface area contributed by atoms with Crippen molar-refractivity contribution >= 4 is 64.3 Å². The maximum atomic E-state index is 5.34. The Morgan fingerprint density at radius 3 is 1.75 bits per heavy atom. The lowest BCUT2D eigenvalue weighted by atomic mass is 10.0. The van der Waals surface area contributed by atoms with Gasteiger partial charge in [-0.3, -0.25) is 9.13 Å². The maximum absolute atomic E-state index is 5.34. The Kier molecular flexibility index (Phi) is 7.61. The van der Waals surface area contributed by atoms with Crippen molar-refractivity contribution in [3.05, 3.63) is 194 Å². The molecule has 0 N–H and O–H groups in total. The van der Waals surface area contributed by atoms with Crippen LogP contribution in [-0.4, -0.2) is 29.1 Å².